The Hall–Kier alpha value is -1.14. The Balaban J connectivity index is 1.85. The van der Waals surface area contributed by atoms with Gasteiger partial charge in [0.1, 0.15) is 6.54 Å². The van der Waals surface area contributed by atoms with Crippen LogP contribution in [-0.2, 0) is 19.1 Å². The Morgan fingerprint density at radius 3 is 2.48 bits per heavy atom. The molecule has 6 heteroatoms. The number of carbonyl (C=O) groups excluding carboxylic acids is 1. The van der Waals surface area contributed by atoms with E-state index in [1.807, 2.05) is 0 Å². The number of ether oxygens (including phenoxy) is 2. The number of nitrogens with zero attached hydrogens (tertiary/aromatic N) is 1. The lowest BCUT2D eigenvalue weighted by Crippen LogP contribution is -2.46. The first-order chi connectivity index (χ1) is 10.2. The van der Waals surface area contributed by atoms with Crippen molar-refractivity contribution in [1.29, 1.82) is 0 Å². The Kier molecular flexibility index (Phi) is 6.45. The molecule has 2 heterocycles. The normalized spacial score (nSPS) is 23.7. The Labute approximate surface area is 125 Å². The Bertz CT molecular complexity index is 348. The summed E-state index contributed by atoms with van der Waals surface area (Å²) in [5.41, 5.74) is 0. The molecule has 2 saturated heterocycles. The lowest BCUT2D eigenvalue weighted by atomic mass is 10.0. The van der Waals surface area contributed by atoms with Gasteiger partial charge < -0.3 is 19.5 Å². The standard InChI is InChI=1S/C15H25NO5/c17-14(5-4-13-3-1-2-8-21-13)16(11-15(18)19)12-6-9-20-10-7-12/h12-13H,1-11H2,(H,18,19)/t13-/m0/s1. The van der Waals surface area contributed by atoms with Gasteiger partial charge >= 0.3 is 5.97 Å². The van der Waals surface area contributed by atoms with E-state index in [1.54, 1.807) is 0 Å². The van der Waals surface area contributed by atoms with E-state index in [0.29, 0.717) is 26.1 Å². The number of rotatable bonds is 6. The van der Waals surface area contributed by atoms with E-state index in [4.69, 9.17) is 14.6 Å². The molecule has 2 rings (SSSR count). The lowest BCUT2D eigenvalue weighted by molar-refractivity contribution is -0.148. The number of carbonyl (C=O) groups is 2. The molecule has 2 fully saturated rings. The minimum atomic E-state index is -0.955. The fourth-order valence-corrected chi connectivity index (χ4v) is 3.03. The van der Waals surface area contributed by atoms with Crippen LogP contribution < -0.4 is 0 Å². The monoisotopic (exact) mass is 299 g/mol. The average Bonchev–Trinajstić information content (AvgIpc) is 2.52. The zero-order valence-electron chi connectivity index (χ0n) is 12.5. The van der Waals surface area contributed by atoms with Crippen molar-refractivity contribution >= 4 is 11.9 Å². The minimum absolute atomic E-state index is 0.00498. The van der Waals surface area contributed by atoms with E-state index in [2.05, 4.69) is 0 Å². The molecule has 120 valence electrons. The van der Waals surface area contributed by atoms with Crippen molar-refractivity contribution < 1.29 is 24.2 Å². The highest BCUT2D eigenvalue weighted by atomic mass is 16.5. The number of carboxylic acids is 1. The number of hydrogen-bond acceptors (Lipinski definition) is 4. The second kappa shape index (κ2) is 8.34. The van der Waals surface area contributed by atoms with Crippen molar-refractivity contribution in [3.8, 4) is 0 Å². The van der Waals surface area contributed by atoms with Gasteiger partial charge in [-0.3, -0.25) is 9.59 Å². The molecule has 0 aromatic rings. The van der Waals surface area contributed by atoms with Crippen LogP contribution in [0, 0.1) is 0 Å². The van der Waals surface area contributed by atoms with E-state index in [1.165, 1.54) is 4.90 Å². The summed E-state index contributed by atoms with van der Waals surface area (Å²) in [7, 11) is 0. The maximum atomic E-state index is 12.4. The SMILES string of the molecule is O=C(O)CN(C(=O)CC[C@@H]1CCCCO1)C1CCOCC1. The number of carboxylic acid groups (broad SMARTS) is 1. The highest BCUT2D eigenvalue weighted by molar-refractivity contribution is 5.81. The lowest BCUT2D eigenvalue weighted by Gasteiger charge is -2.33. The summed E-state index contributed by atoms with van der Waals surface area (Å²) in [4.78, 5) is 24.9. The second-order valence-electron chi connectivity index (χ2n) is 5.79. The molecule has 0 aliphatic carbocycles. The summed E-state index contributed by atoms with van der Waals surface area (Å²) in [6.07, 6.45) is 5.91. The summed E-state index contributed by atoms with van der Waals surface area (Å²) >= 11 is 0. The molecule has 1 amide bonds. The summed E-state index contributed by atoms with van der Waals surface area (Å²) in [6, 6.07) is -0.00498. The van der Waals surface area contributed by atoms with Gasteiger partial charge in [-0.2, -0.15) is 0 Å². The molecule has 1 N–H and O–H groups in total. The van der Waals surface area contributed by atoms with Crippen molar-refractivity contribution in [2.45, 2.75) is 57.1 Å². The van der Waals surface area contributed by atoms with Crippen LogP contribution in [-0.4, -0.2) is 60.4 Å². The third-order valence-corrected chi connectivity index (χ3v) is 4.21. The number of amides is 1. The van der Waals surface area contributed by atoms with Gasteiger partial charge in [-0.1, -0.05) is 0 Å². The molecule has 6 nitrogen and oxygen atoms in total. The molecule has 0 unspecified atom stereocenters. The maximum absolute atomic E-state index is 12.4. The van der Waals surface area contributed by atoms with Crippen LogP contribution in [0.5, 0.6) is 0 Å². The molecular formula is C15H25NO5. The fraction of sp³-hybridized carbons (Fsp3) is 0.867. The topological polar surface area (TPSA) is 76.1 Å². The minimum Gasteiger partial charge on any atom is -0.480 e. The predicted octanol–water partition coefficient (Wildman–Crippen LogP) is 1.43. The first kappa shape index (κ1) is 16.2. The van der Waals surface area contributed by atoms with Gasteiger partial charge in [-0.15, -0.1) is 0 Å². The Morgan fingerprint density at radius 2 is 1.86 bits per heavy atom. The second-order valence-corrected chi connectivity index (χ2v) is 5.79. The third kappa shape index (κ3) is 5.28. The molecular weight excluding hydrogens is 274 g/mol. The zero-order chi connectivity index (χ0) is 15.1. The van der Waals surface area contributed by atoms with E-state index in [9.17, 15) is 9.59 Å². The van der Waals surface area contributed by atoms with Gasteiger partial charge in [0.2, 0.25) is 5.91 Å². The van der Waals surface area contributed by atoms with Crippen LogP contribution >= 0.6 is 0 Å². The molecule has 0 bridgehead atoms. The van der Waals surface area contributed by atoms with Gasteiger partial charge in [-0.05, 0) is 38.5 Å². The first-order valence-corrected chi connectivity index (χ1v) is 7.87. The van der Waals surface area contributed by atoms with Gasteiger partial charge in [0.25, 0.3) is 0 Å². The van der Waals surface area contributed by atoms with Crippen molar-refractivity contribution in [2.24, 2.45) is 0 Å². The molecule has 0 spiro atoms. The van der Waals surface area contributed by atoms with Crippen LogP contribution in [0.2, 0.25) is 0 Å². The van der Waals surface area contributed by atoms with Crippen LogP contribution in [0.4, 0.5) is 0 Å². The number of aliphatic carboxylic acids is 1. The molecule has 0 saturated carbocycles. The first-order valence-electron chi connectivity index (χ1n) is 7.87. The summed E-state index contributed by atoms with van der Waals surface area (Å²) in [6.45, 7) is 1.76. The van der Waals surface area contributed by atoms with Gasteiger partial charge in [0.15, 0.2) is 0 Å². The largest absolute Gasteiger partial charge is 0.480 e. The van der Waals surface area contributed by atoms with Crippen molar-refractivity contribution in [1.82, 2.24) is 4.90 Å². The van der Waals surface area contributed by atoms with Crippen LogP contribution in [0.15, 0.2) is 0 Å². The molecule has 0 aromatic carbocycles. The molecule has 0 radical (unpaired) electrons. The van der Waals surface area contributed by atoms with Crippen molar-refractivity contribution in [3.05, 3.63) is 0 Å². The van der Waals surface area contributed by atoms with E-state index >= 15 is 0 Å². The molecule has 2 aliphatic heterocycles. The average molecular weight is 299 g/mol. The van der Waals surface area contributed by atoms with Crippen LogP contribution in [0.25, 0.3) is 0 Å². The van der Waals surface area contributed by atoms with Crippen LogP contribution in [0.3, 0.4) is 0 Å². The quantitative estimate of drug-likeness (QED) is 0.803. The van der Waals surface area contributed by atoms with E-state index < -0.39 is 5.97 Å². The fourth-order valence-electron chi connectivity index (χ4n) is 3.03. The van der Waals surface area contributed by atoms with Crippen molar-refractivity contribution in [2.75, 3.05) is 26.4 Å². The van der Waals surface area contributed by atoms with E-state index in [0.717, 1.165) is 38.7 Å². The highest BCUT2D eigenvalue weighted by Crippen LogP contribution is 2.20. The van der Waals surface area contributed by atoms with E-state index in [-0.39, 0.29) is 24.6 Å². The van der Waals surface area contributed by atoms with Crippen LogP contribution in [0.1, 0.15) is 44.9 Å². The smallest absolute Gasteiger partial charge is 0.323 e. The van der Waals surface area contributed by atoms with Gasteiger partial charge in [-0.25, -0.2) is 0 Å². The van der Waals surface area contributed by atoms with Gasteiger partial charge in [0.05, 0.1) is 6.10 Å². The zero-order valence-corrected chi connectivity index (χ0v) is 12.5. The molecule has 2 aliphatic rings. The Morgan fingerprint density at radius 1 is 1.10 bits per heavy atom. The number of hydrogen-bond donors (Lipinski definition) is 1. The molecule has 0 aromatic heterocycles. The van der Waals surface area contributed by atoms with Gasteiger partial charge in [0, 0.05) is 32.3 Å². The summed E-state index contributed by atoms with van der Waals surface area (Å²) in [5, 5.41) is 9.03. The predicted molar refractivity (Wildman–Crippen MR) is 76.0 cm³/mol. The van der Waals surface area contributed by atoms with Crippen molar-refractivity contribution in [3.63, 3.8) is 0 Å². The molecule has 1 atom stereocenters. The third-order valence-electron chi connectivity index (χ3n) is 4.21. The maximum Gasteiger partial charge on any atom is 0.323 e. The molecule has 21 heavy (non-hydrogen) atoms. The highest BCUT2D eigenvalue weighted by Gasteiger charge is 2.28. The summed E-state index contributed by atoms with van der Waals surface area (Å²) < 4.78 is 10.9. The summed E-state index contributed by atoms with van der Waals surface area (Å²) in [5.74, 6) is -1.03.